The second-order valence-electron chi connectivity index (χ2n) is 5.27. The number of nitrogens with zero attached hydrogens (tertiary/aromatic N) is 4. The van der Waals surface area contributed by atoms with Gasteiger partial charge in [-0.3, -0.25) is 4.68 Å². The van der Waals surface area contributed by atoms with Gasteiger partial charge in [-0.2, -0.15) is 10.1 Å². The summed E-state index contributed by atoms with van der Waals surface area (Å²) in [5, 5.41) is 8.47. The standard InChI is InChI=1S/C13H19N5O/c1-3-18-10(8-9(2)16-18)11-15-12(17-19-11)13(14)6-4-5-7-13/h8H,3-7,14H2,1-2H3. The highest BCUT2D eigenvalue weighted by molar-refractivity contribution is 5.48. The average molecular weight is 261 g/mol. The second kappa shape index (κ2) is 4.45. The molecule has 2 aromatic heterocycles. The van der Waals surface area contributed by atoms with Gasteiger partial charge in [0, 0.05) is 6.54 Å². The lowest BCUT2D eigenvalue weighted by Gasteiger charge is -2.17. The molecule has 0 atom stereocenters. The summed E-state index contributed by atoms with van der Waals surface area (Å²) in [6, 6.07) is 1.96. The normalized spacial score (nSPS) is 18.1. The summed E-state index contributed by atoms with van der Waals surface area (Å²) in [6.07, 6.45) is 4.12. The van der Waals surface area contributed by atoms with Gasteiger partial charge in [-0.15, -0.1) is 0 Å². The van der Waals surface area contributed by atoms with E-state index in [0.29, 0.717) is 11.7 Å². The molecular weight excluding hydrogens is 242 g/mol. The van der Waals surface area contributed by atoms with Gasteiger partial charge in [-0.05, 0) is 32.8 Å². The molecule has 102 valence electrons. The van der Waals surface area contributed by atoms with Crippen molar-refractivity contribution in [1.82, 2.24) is 19.9 Å². The summed E-state index contributed by atoms with van der Waals surface area (Å²) in [6.45, 7) is 4.76. The van der Waals surface area contributed by atoms with Gasteiger partial charge in [0.2, 0.25) is 0 Å². The zero-order valence-electron chi connectivity index (χ0n) is 11.4. The van der Waals surface area contributed by atoms with Gasteiger partial charge < -0.3 is 10.3 Å². The number of aryl methyl sites for hydroxylation is 2. The average Bonchev–Trinajstić information content (AvgIpc) is 3.07. The molecule has 0 spiro atoms. The predicted molar refractivity (Wildman–Crippen MR) is 70.3 cm³/mol. The van der Waals surface area contributed by atoms with E-state index in [0.717, 1.165) is 43.6 Å². The van der Waals surface area contributed by atoms with Gasteiger partial charge in [0.1, 0.15) is 5.69 Å². The van der Waals surface area contributed by atoms with Crippen LogP contribution < -0.4 is 5.73 Å². The maximum atomic E-state index is 6.34. The summed E-state index contributed by atoms with van der Waals surface area (Å²) in [5.41, 5.74) is 7.74. The number of nitrogens with two attached hydrogens (primary N) is 1. The summed E-state index contributed by atoms with van der Waals surface area (Å²) >= 11 is 0. The molecule has 2 N–H and O–H groups in total. The Kier molecular flexibility index (Phi) is 2.89. The zero-order valence-corrected chi connectivity index (χ0v) is 11.4. The number of hydrogen-bond acceptors (Lipinski definition) is 5. The fraction of sp³-hybridized carbons (Fsp3) is 0.615. The van der Waals surface area contributed by atoms with Gasteiger partial charge >= 0.3 is 0 Å². The van der Waals surface area contributed by atoms with Crippen LogP contribution in [0.1, 0.15) is 44.1 Å². The molecule has 6 nitrogen and oxygen atoms in total. The lowest BCUT2D eigenvalue weighted by molar-refractivity contribution is 0.371. The highest BCUT2D eigenvalue weighted by atomic mass is 16.5. The summed E-state index contributed by atoms with van der Waals surface area (Å²) < 4.78 is 7.25. The molecule has 1 fully saturated rings. The third-order valence-corrected chi connectivity index (χ3v) is 3.79. The van der Waals surface area contributed by atoms with Crippen molar-refractivity contribution in [3.8, 4) is 11.6 Å². The number of aromatic nitrogens is 4. The fourth-order valence-electron chi connectivity index (χ4n) is 2.72. The van der Waals surface area contributed by atoms with Crippen molar-refractivity contribution in [2.45, 2.75) is 51.6 Å². The molecule has 0 amide bonds. The molecular formula is C13H19N5O. The van der Waals surface area contributed by atoms with E-state index in [1.165, 1.54) is 0 Å². The lowest BCUT2D eigenvalue weighted by atomic mass is 9.99. The summed E-state index contributed by atoms with van der Waals surface area (Å²) in [7, 11) is 0. The Morgan fingerprint density at radius 2 is 2.16 bits per heavy atom. The number of rotatable bonds is 3. The second-order valence-corrected chi connectivity index (χ2v) is 5.27. The largest absolute Gasteiger partial charge is 0.332 e. The van der Waals surface area contributed by atoms with Crippen LogP contribution in [0.25, 0.3) is 11.6 Å². The lowest BCUT2D eigenvalue weighted by Crippen LogP contribution is -2.34. The maximum absolute atomic E-state index is 6.34. The summed E-state index contributed by atoms with van der Waals surface area (Å²) in [5.74, 6) is 1.13. The van der Waals surface area contributed by atoms with Crippen LogP contribution >= 0.6 is 0 Å². The minimum Gasteiger partial charge on any atom is -0.332 e. The molecule has 1 aliphatic rings. The molecule has 0 aromatic carbocycles. The van der Waals surface area contributed by atoms with Crippen molar-refractivity contribution in [1.29, 1.82) is 0 Å². The monoisotopic (exact) mass is 261 g/mol. The van der Waals surface area contributed by atoms with Crippen LogP contribution in [0.15, 0.2) is 10.6 Å². The molecule has 19 heavy (non-hydrogen) atoms. The van der Waals surface area contributed by atoms with Crippen LogP contribution in [0.4, 0.5) is 0 Å². The first kappa shape index (κ1) is 12.3. The first-order valence-electron chi connectivity index (χ1n) is 6.80. The van der Waals surface area contributed by atoms with Gasteiger partial charge in [0.05, 0.1) is 11.2 Å². The quantitative estimate of drug-likeness (QED) is 0.913. The highest BCUT2D eigenvalue weighted by Crippen LogP contribution is 2.35. The van der Waals surface area contributed by atoms with Crippen LogP contribution in [-0.2, 0) is 12.1 Å². The Balaban J connectivity index is 1.96. The molecule has 3 rings (SSSR count). The fourth-order valence-corrected chi connectivity index (χ4v) is 2.72. The van der Waals surface area contributed by atoms with Crippen LogP contribution in [0.5, 0.6) is 0 Å². The van der Waals surface area contributed by atoms with Crippen molar-refractivity contribution in [2.24, 2.45) is 5.73 Å². The van der Waals surface area contributed by atoms with Crippen LogP contribution in [0.2, 0.25) is 0 Å². The Morgan fingerprint density at radius 1 is 1.42 bits per heavy atom. The van der Waals surface area contributed by atoms with Gasteiger partial charge in [0.25, 0.3) is 5.89 Å². The van der Waals surface area contributed by atoms with Crippen LogP contribution in [0, 0.1) is 6.92 Å². The molecule has 6 heteroatoms. The minimum atomic E-state index is -0.409. The highest BCUT2D eigenvalue weighted by Gasteiger charge is 2.36. The van der Waals surface area contributed by atoms with Crippen molar-refractivity contribution in [3.63, 3.8) is 0 Å². The number of hydrogen-bond donors (Lipinski definition) is 1. The molecule has 0 unspecified atom stereocenters. The molecule has 0 saturated heterocycles. The Morgan fingerprint density at radius 3 is 2.84 bits per heavy atom. The predicted octanol–water partition coefficient (Wildman–Crippen LogP) is 1.99. The van der Waals surface area contributed by atoms with E-state index in [2.05, 4.69) is 15.2 Å². The van der Waals surface area contributed by atoms with Crippen molar-refractivity contribution in [2.75, 3.05) is 0 Å². The van der Waals surface area contributed by atoms with E-state index in [4.69, 9.17) is 10.3 Å². The SMILES string of the molecule is CCn1nc(C)cc1-c1nc(C2(N)CCCC2)no1. The van der Waals surface area contributed by atoms with Crippen molar-refractivity contribution in [3.05, 3.63) is 17.6 Å². The third kappa shape index (κ3) is 2.06. The van der Waals surface area contributed by atoms with Crippen LogP contribution in [0.3, 0.4) is 0 Å². The minimum absolute atomic E-state index is 0.409. The maximum Gasteiger partial charge on any atom is 0.276 e. The molecule has 2 aromatic rings. The van der Waals surface area contributed by atoms with Crippen LogP contribution in [-0.4, -0.2) is 19.9 Å². The van der Waals surface area contributed by atoms with Gasteiger partial charge in [0.15, 0.2) is 5.82 Å². The smallest absolute Gasteiger partial charge is 0.276 e. The molecule has 0 radical (unpaired) electrons. The van der Waals surface area contributed by atoms with Gasteiger partial charge in [-0.1, -0.05) is 18.0 Å². The first-order chi connectivity index (χ1) is 9.12. The Bertz CT molecular complexity index is 580. The molecule has 2 heterocycles. The van der Waals surface area contributed by atoms with E-state index >= 15 is 0 Å². The Labute approximate surface area is 112 Å². The van der Waals surface area contributed by atoms with E-state index in [1.54, 1.807) is 0 Å². The zero-order chi connectivity index (χ0) is 13.5. The topological polar surface area (TPSA) is 82.8 Å². The van der Waals surface area contributed by atoms with Crippen molar-refractivity contribution >= 4 is 0 Å². The van der Waals surface area contributed by atoms with Crippen molar-refractivity contribution < 1.29 is 4.52 Å². The van der Waals surface area contributed by atoms with E-state index in [9.17, 15) is 0 Å². The Hall–Kier alpha value is -1.69. The van der Waals surface area contributed by atoms with Gasteiger partial charge in [-0.25, -0.2) is 0 Å². The van der Waals surface area contributed by atoms with E-state index in [1.807, 2.05) is 24.6 Å². The third-order valence-electron chi connectivity index (χ3n) is 3.79. The molecule has 0 bridgehead atoms. The molecule has 1 aliphatic carbocycles. The van der Waals surface area contributed by atoms with E-state index in [-0.39, 0.29) is 0 Å². The molecule has 1 saturated carbocycles. The summed E-state index contributed by atoms with van der Waals surface area (Å²) in [4.78, 5) is 4.49. The molecule has 0 aliphatic heterocycles. The first-order valence-corrected chi connectivity index (χ1v) is 6.80. The van der Waals surface area contributed by atoms with E-state index < -0.39 is 5.54 Å².